The molecule has 1 aromatic rings. The van der Waals surface area contributed by atoms with Crippen LogP contribution in [0.1, 0.15) is 17.6 Å². The maximum Gasteiger partial charge on any atom is 0.165 e. The molecule has 3 N–H and O–H groups in total. The SMILES string of the molecule is Cc1ncn([C@@H]2O[C@H](CO)[C@@H](O)[C@H]2O)c1C#N. The Kier molecular flexibility index (Phi) is 3.13. The molecule has 2 rings (SSSR count). The van der Waals surface area contributed by atoms with Crippen molar-refractivity contribution in [2.75, 3.05) is 6.61 Å². The summed E-state index contributed by atoms with van der Waals surface area (Å²) >= 11 is 0. The lowest BCUT2D eigenvalue weighted by atomic mass is 10.1. The third-order valence-electron chi connectivity index (χ3n) is 2.87. The normalized spacial score (nSPS) is 32.6. The highest BCUT2D eigenvalue weighted by molar-refractivity contribution is 5.26. The quantitative estimate of drug-likeness (QED) is 0.590. The van der Waals surface area contributed by atoms with E-state index in [2.05, 4.69) is 4.98 Å². The van der Waals surface area contributed by atoms with Crippen molar-refractivity contribution in [2.45, 2.75) is 31.5 Å². The Bertz CT molecular complexity index is 453. The van der Waals surface area contributed by atoms with Crippen molar-refractivity contribution in [1.29, 1.82) is 5.26 Å². The fourth-order valence-corrected chi connectivity index (χ4v) is 1.90. The third-order valence-corrected chi connectivity index (χ3v) is 2.87. The number of ether oxygens (including phenoxy) is 1. The molecule has 0 unspecified atom stereocenters. The number of hydrogen-bond donors (Lipinski definition) is 3. The van der Waals surface area contributed by atoms with E-state index in [1.165, 1.54) is 10.9 Å². The highest BCUT2D eigenvalue weighted by Gasteiger charge is 2.44. The zero-order chi connectivity index (χ0) is 12.6. The largest absolute Gasteiger partial charge is 0.394 e. The molecule has 17 heavy (non-hydrogen) atoms. The molecule has 1 aromatic heterocycles. The average molecular weight is 239 g/mol. The Labute approximate surface area is 97.5 Å². The van der Waals surface area contributed by atoms with E-state index in [1.807, 2.05) is 6.07 Å². The summed E-state index contributed by atoms with van der Waals surface area (Å²) in [5.74, 6) is 0. The van der Waals surface area contributed by atoms with E-state index < -0.39 is 31.1 Å². The molecule has 7 nitrogen and oxygen atoms in total. The summed E-state index contributed by atoms with van der Waals surface area (Å²) in [6, 6.07) is 1.95. The molecule has 0 bridgehead atoms. The second kappa shape index (κ2) is 4.43. The van der Waals surface area contributed by atoms with Crippen LogP contribution in [0.3, 0.4) is 0 Å². The van der Waals surface area contributed by atoms with Gasteiger partial charge in [-0.25, -0.2) is 4.98 Å². The van der Waals surface area contributed by atoms with Crippen LogP contribution < -0.4 is 0 Å². The fraction of sp³-hybridized carbons (Fsp3) is 0.600. The van der Waals surface area contributed by atoms with E-state index in [4.69, 9.17) is 15.1 Å². The monoisotopic (exact) mass is 239 g/mol. The topological polar surface area (TPSA) is 112 Å². The molecular weight excluding hydrogens is 226 g/mol. The number of aromatic nitrogens is 2. The van der Waals surface area contributed by atoms with E-state index in [9.17, 15) is 10.2 Å². The predicted molar refractivity (Wildman–Crippen MR) is 54.7 cm³/mol. The zero-order valence-corrected chi connectivity index (χ0v) is 9.19. The van der Waals surface area contributed by atoms with Crippen LogP contribution in [0.2, 0.25) is 0 Å². The summed E-state index contributed by atoms with van der Waals surface area (Å²) in [6.45, 7) is 1.26. The lowest BCUT2D eigenvalue weighted by molar-refractivity contribution is -0.0531. The number of nitrogens with zero attached hydrogens (tertiary/aromatic N) is 3. The molecular formula is C10H13N3O4. The summed E-state index contributed by atoms with van der Waals surface area (Å²) in [5.41, 5.74) is 0.782. The first-order valence-electron chi connectivity index (χ1n) is 5.16. The van der Waals surface area contributed by atoms with Gasteiger partial charge in [0.15, 0.2) is 6.23 Å². The number of hydrogen-bond acceptors (Lipinski definition) is 6. The van der Waals surface area contributed by atoms with Crippen LogP contribution in [0.4, 0.5) is 0 Å². The van der Waals surface area contributed by atoms with Crippen molar-refractivity contribution < 1.29 is 20.1 Å². The van der Waals surface area contributed by atoms with Crippen LogP contribution in [0.25, 0.3) is 0 Å². The van der Waals surface area contributed by atoms with Crippen LogP contribution in [0.5, 0.6) is 0 Å². The average Bonchev–Trinajstić information content (AvgIpc) is 2.82. The van der Waals surface area contributed by atoms with Gasteiger partial charge in [0.1, 0.15) is 30.1 Å². The lowest BCUT2D eigenvalue weighted by Gasteiger charge is -2.16. The molecule has 4 atom stereocenters. The Morgan fingerprint density at radius 2 is 2.24 bits per heavy atom. The van der Waals surface area contributed by atoms with Crippen molar-refractivity contribution in [1.82, 2.24) is 9.55 Å². The Hall–Kier alpha value is -1.46. The van der Waals surface area contributed by atoms with Gasteiger partial charge in [0.2, 0.25) is 0 Å². The smallest absolute Gasteiger partial charge is 0.165 e. The van der Waals surface area contributed by atoms with Gasteiger partial charge in [-0.15, -0.1) is 0 Å². The van der Waals surface area contributed by atoms with Crippen LogP contribution in [-0.2, 0) is 4.74 Å². The summed E-state index contributed by atoms with van der Waals surface area (Å²) < 4.78 is 6.66. The molecule has 0 radical (unpaired) electrons. The predicted octanol–water partition coefficient (Wildman–Crippen LogP) is -1.33. The van der Waals surface area contributed by atoms with Crippen molar-refractivity contribution in [3.05, 3.63) is 17.7 Å². The lowest BCUT2D eigenvalue weighted by Crippen LogP contribution is -2.33. The number of imidazole rings is 1. The number of aliphatic hydroxyl groups excluding tert-OH is 3. The van der Waals surface area contributed by atoms with Crippen molar-refractivity contribution in [2.24, 2.45) is 0 Å². The Morgan fingerprint density at radius 1 is 1.53 bits per heavy atom. The molecule has 0 aliphatic carbocycles. The minimum atomic E-state index is -1.20. The van der Waals surface area contributed by atoms with Gasteiger partial charge in [0.25, 0.3) is 0 Å². The Balaban J connectivity index is 2.33. The maximum atomic E-state index is 9.80. The highest BCUT2D eigenvalue weighted by Crippen LogP contribution is 2.30. The molecule has 92 valence electrons. The van der Waals surface area contributed by atoms with E-state index in [-0.39, 0.29) is 5.69 Å². The van der Waals surface area contributed by atoms with Gasteiger partial charge < -0.3 is 20.1 Å². The van der Waals surface area contributed by atoms with Gasteiger partial charge in [0.05, 0.1) is 18.6 Å². The van der Waals surface area contributed by atoms with Gasteiger partial charge >= 0.3 is 0 Å². The van der Waals surface area contributed by atoms with Crippen LogP contribution >= 0.6 is 0 Å². The first kappa shape index (κ1) is 12.0. The minimum absolute atomic E-state index is 0.264. The van der Waals surface area contributed by atoms with Crippen LogP contribution in [0, 0.1) is 18.3 Å². The standard InChI is InChI=1S/C10H13N3O4/c1-5-6(2-11)13(4-12-5)10-9(16)8(15)7(3-14)17-10/h4,7-10,14-16H,3H2,1H3/t7-,8-,9-,10-/m1/s1. The molecule has 1 aliphatic rings. The van der Waals surface area contributed by atoms with E-state index in [0.717, 1.165) is 0 Å². The molecule has 0 spiro atoms. The van der Waals surface area contributed by atoms with E-state index in [1.54, 1.807) is 6.92 Å². The summed E-state index contributed by atoms with van der Waals surface area (Å²) in [7, 11) is 0. The summed E-state index contributed by atoms with van der Waals surface area (Å²) in [4.78, 5) is 3.95. The van der Waals surface area contributed by atoms with Crippen LogP contribution in [0.15, 0.2) is 6.33 Å². The minimum Gasteiger partial charge on any atom is -0.394 e. The molecule has 1 saturated heterocycles. The third kappa shape index (κ3) is 1.81. The Morgan fingerprint density at radius 3 is 2.76 bits per heavy atom. The van der Waals surface area contributed by atoms with Crippen molar-refractivity contribution >= 4 is 0 Å². The fourth-order valence-electron chi connectivity index (χ4n) is 1.90. The molecule has 7 heteroatoms. The second-order valence-electron chi connectivity index (χ2n) is 3.93. The van der Waals surface area contributed by atoms with Crippen LogP contribution in [-0.4, -0.2) is 49.8 Å². The van der Waals surface area contributed by atoms with Crippen molar-refractivity contribution in [3.63, 3.8) is 0 Å². The van der Waals surface area contributed by atoms with Gasteiger partial charge in [-0.1, -0.05) is 0 Å². The zero-order valence-electron chi connectivity index (χ0n) is 9.19. The van der Waals surface area contributed by atoms with E-state index in [0.29, 0.717) is 5.69 Å². The molecule has 0 saturated carbocycles. The second-order valence-corrected chi connectivity index (χ2v) is 3.93. The molecule has 0 aromatic carbocycles. The first-order chi connectivity index (χ1) is 8.10. The molecule has 2 heterocycles. The molecule has 1 aliphatic heterocycles. The van der Waals surface area contributed by atoms with Gasteiger partial charge in [0, 0.05) is 0 Å². The number of nitriles is 1. The first-order valence-corrected chi connectivity index (χ1v) is 5.16. The molecule has 1 fully saturated rings. The summed E-state index contributed by atoms with van der Waals surface area (Å²) in [5, 5.41) is 37.3. The maximum absolute atomic E-state index is 9.80. The van der Waals surface area contributed by atoms with Crippen molar-refractivity contribution in [3.8, 4) is 6.07 Å². The van der Waals surface area contributed by atoms with Gasteiger partial charge in [-0.2, -0.15) is 5.26 Å². The number of aryl methyl sites for hydroxylation is 1. The van der Waals surface area contributed by atoms with Gasteiger partial charge in [-0.3, -0.25) is 4.57 Å². The molecule has 0 amide bonds. The number of aliphatic hydroxyl groups is 3. The van der Waals surface area contributed by atoms with Gasteiger partial charge in [-0.05, 0) is 6.92 Å². The number of rotatable bonds is 2. The van der Waals surface area contributed by atoms with E-state index >= 15 is 0 Å². The summed E-state index contributed by atoms with van der Waals surface area (Å²) in [6.07, 6.45) is -2.77. The highest BCUT2D eigenvalue weighted by atomic mass is 16.6.